The lowest BCUT2D eigenvalue weighted by atomic mass is 10.3. The molecule has 0 saturated heterocycles. The largest absolute Gasteiger partial charge is 0.462 e. The second kappa shape index (κ2) is 7.62. The number of nitrogens with zero attached hydrogens (tertiary/aromatic N) is 6. The molecule has 2 aromatic heterocycles. The zero-order valence-corrected chi connectivity index (χ0v) is 15.2. The van der Waals surface area contributed by atoms with Crippen LogP contribution in [0.4, 0.5) is 4.39 Å². The van der Waals surface area contributed by atoms with Crippen LogP contribution in [0.5, 0.6) is 6.01 Å². The van der Waals surface area contributed by atoms with Crippen LogP contribution in [0.1, 0.15) is 6.42 Å². The molecule has 1 aromatic carbocycles. The Balaban J connectivity index is 2.05. The third kappa shape index (κ3) is 3.85. The van der Waals surface area contributed by atoms with E-state index in [-0.39, 0.29) is 17.2 Å². The minimum atomic E-state index is -0.630. The Labute approximate surface area is 153 Å². The lowest BCUT2D eigenvalue weighted by Gasteiger charge is -2.11. The van der Waals surface area contributed by atoms with E-state index in [1.54, 1.807) is 0 Å². The van der Waals surface area contributed by atoms with E-state index >= 15 is 0 Å². The molecule has 0 N–H and O–H groups in total. The van der Waals surface area contributed by atoms with Crippen LogP contribution in [0.25, 0.3) is 16.9 Å². The monoisotopic (exact) mass is 374 g/mol. The third-order valence-corrected chi connectivity index (χ3v) is 3.91. The summed E-state index contributed by atoms with van der Waals surface area (Å²) >= 11 is 0. The number of rotatable bonds is 6. The standard InChI is InChI=1S/C17H19FN6O3/c1-22(2)9-4-10-27-16-19-13-14(20-21-16)24(17(26)23(3)15(13)25)12-7-5-11(18)6-8-12/h5-8H,4,9-10H2,1-3H3. The quantitative estimate of drug-likeness (QED) is 0.574. The van der Waals surface area contributed by atoms with Gasteiger partial charge in [-0.15, -0.1) is 5.10 Å². The summed E-state index contributed by atoms with van der Waals surface area (Å²) in [6, 6.07) is 5.20. The van der Waals surface area contributed by atoms with Crippen LogP contribution >= 0.6 is 0 Å². The predicted octanol–water partition coefficient (Wildman–Crippen LogP) is 0.344. The normalized spacial score (nSPS) is 11.3. The maximum atomic E-state index is 13.2. The fourth-order valence-corrected chi connectivity index (χ4v) is 2.51. The van der Waals surface area contributed by atoms with Crippen molar-refractivity contribution >= 4 is 11.2 Å². The first kappa shape index (κ1) is 18.6. The van der Waals surface area contributed by atoms with Crippen molar-refractivity contribution in [2.45, 2.75) is 6.42 Å². The van der Waals surface area contributed by atoms with Gasteiger partial charge in [0, 0.05) is 13.6 Å². The third-order valence-electron chi connectivity index (χ3n) is 3.91. The van der Waals surface area contributed by atoms with Gasteiger partial charge in [0.05, 0.1) is 12.3 Å². The number of hydrogen-bond donors (Lipinski definition) is 0. The molecule has 0 aliphatic heterocycles. The molecule has 0 unspecified atom stereocenters. The summed E-state index contributed by atoms with van der Waals surface area (Å²) in [6.07, 6.45) is 0.751. The molecule has 0 radical (unpaired) electrons. The van der Waals surface area contributed by atoms with Crippen molar-refractivity contribution in [3.63, 3.8) is 0 Å². The molecule has 0 saturated carbocycles. The van der Waals surface area contributed by atoms with Gasteiger partial charge in [0.1, 0.15) is 5.82 Å². The second-order valence-corrected chi connectivity index (χ2v) is 6.23. The van der Waals surface area contributed by atoms with Gasteiger partial charge in [-0.3, -0.25) is 9.36 Å². The highest BCUT2D eigenvalue weighted by Gasteiger charge is 2.17. The van der Waals surface area contributed by atoms with Gasteiger partial charge in [0.15, 0.2) is 11.2 Å². The minimum Gasteiger partial charge on any atom is -0.462 e. The van der Waals surface area contributed by atoms with Crippen molar-refractivity contribution in [1.29, 1.82) is 0 Å². The summed E-state index contributed by atoms with van der Waals surface area (Å²) < 4.78 is 20.7. The average molecular weight is 374 g/mol. The van der Waals surface area contributed by atoms with Crippen molar-refractivity contribution in [2.24, 2.45) is 7.05 Å². The van der Waals surface area contributed by atoms with Gasteiger partial charge < -0.3 is 9.64 Å². The molecule has 0 spiro atoms. The lowest BCUT2D eigenvalue weighted by molar-refractivity contribution is 0.262. The fraction of sp³-hybridized carbons (Fsp3) is 0.353. The van der Waals surface area contributed by atoms with E-state index in [4.69, 9.17) is 4.74 Å². The molecule has 9 nitrogen and oxygen atoms in total. The van der Waals surface area contributed by atoms with Crippen molar-refractivity contribution in [2.75, 3.05) is 27.2 Å². The van der Waals surface area contributed by atoms with E-state index in [1.165, 1.54) is 31.3 Å². The predicted molar refractivity (Wildman–Crippen MR) is 96.8 cm³/mol. The van der Waals surface area contributed by atoms with Gasteiger partial charge in [0.25, 0.3) is 5.56 Å². The second-order valence-electron chi connectivity index (χ2n) is 6.23. The molecule has 0 atom stereocenters. The summed E-state index contributed by atoms with van der Waals surface area (Å²) in [6.45, 7) is 1.19. The Hall–Kier alpha value is -3.14. The molecular weight excluding hydrogens is 355 g/mol. The first-order valence-corrected chi connectivity index (χ1v) is 8.28. The maximum Gasteiger partial charge on any atom is 0.337 e. The Bertz CT molecular complexity index is 1070. The van der Waals surface area contributed by atoms with E-state index < -0.39 is 17.1 Å². The highest BCUT2D eigenvalue weighted by molar-refractivity contribution is 5.70. The van der Waals surface area contributed by atoms with Crippen molar-refractivity contribution < 1.29 is 9.13 Å². The molecule has 3 rings (SSSR count). The Morgan fingerprint density at radius 2 is 1.85 bits per heavy atom. The summed E-state index contributed by atoms with van der Waals surface area (Å²) in [4.78, 5) is 31.1. The fourth-order valence-electron chi connectivity index (χ4n) is 2.51. The molecule has 0 amide bonds. The molecule has 0 bridgehead atoms. The zero-order chi connectivity index (χ0) is 19.6. The van der Waals surface area contributed by atoms with Gasteiger partial charge in [-0.1, -0.05) is 5.10 Å². The smallest absolute Gasteiger partial charge is 0.337 e. The summed E-state index contributed by atoms with van der Waals surface area (Å²) in [5.74, 6) is -0.446. The van der Waals surface area contributed by atoms with Gasteiger partial charge in [-0.25, -0.2) is 13.8 Å². The van der Waals surface area contributed by atoms with Crippen molar-refractivity contribution in [3.8, 4) is 11.7 Å². The maximum absolute atomic E-state index is 13.2. The van der Waals surface area contributed by atoms with Gasteiger partial charge in [-0.2, -0.15) is 4.98 Å². The molecule has 2 heterocycles. The minimum absolute atomic E-state index is 0.0182. The molecule has 0 aliphatic carbocycles. The van der Waals surface area contributed by atoms with Crippen LogP contribution in [-0.4, -0.2) is 56.5 Å². The molecule has 0 fully saturated rings. The van der Waals surface area contributed by atoms with Crippen molar-refractivity contribution in [1.82, 2.24) is 29.2 Å². The van der Waals surface area contributed by atoms with Crippen LogP contribution in [0.3, 0.4) is 0 Å². The molecule has 142 valence electrons. The molecule has 3 aromatic rings. The topological polar surface area (TPSA) is 95.1 Å². The highest BCUT2D eigenvalue weighted by atomic mass is 19.1. The van der Waals surface area contributed by atoms with Crippen molar-refractivity contribution in [3.05, 3.63) is 50.9 Å². The van der Waals surface area contributed by atoms with E-state index in [1.807, 2.05) is 19.0 Å². The molecular formula is C17H19FN6O3. The summed E-state index contributed by atoms with van der Waals surface area (Å²) in [5.41, 5.74) is -0.969. The average Bonchev–Trinajstić information content (AvgIpc) is 2.65. The zero-order valence-electron chi connectivity index (χ0n) is 15.2. The number of ether oxygens (including phenoxy) is 1. The highest BCUT2D eigenvalue weighted by Crippen LogP contribution is 2.12. The van der Waals surface area contributed by atoms with Crippen LogP contribution in [0.15, 0.2) is 33.9 Å². The van der Waals surface area contributed by atoms with Gasteiger partial charge in [-0.05, 0) is 44.8 Å². The van der Waals surface area contributed by atoms with Crippen LogP contribution in [-0.2, 0) is 7.05 Å². The molecule has 10 heteroatoms. The number of fused-ring (bicyclic) bond motifs is 1. The number of halogens is 1. The van der Waals surface area contributed by atoms with Crippen LogP contribution < -0.4 is 16.0 Å². The van der Waals surface area contributed by atoms with E-state index in [0.717, 1.165) is 22.1 Å². The number of benzene rings is 1. The van der Waals surface area contributed by atoms with Crippen LogP contribution in [0.2, 0.25) is 0 Å². The Morgan fingerprint density at radius 3 is 2.52 bits per heavy atom. The number of aromatic nitrogens is 5. The molecule has 0 aliphatic rings. The Kier molecular flexibility index (Phi) is 5.26. The lowest BCUT2D eigenvalue weighted by Crippen LogP contribution is -2.38. The SMILES string of the molecule is CN(C)CCCOc1nnc2c(n1)c(=O)n(C)c(=O)n2-c1ccc(F)cc1. The van der Waals surface area contributed by atoms with E-state index in [0.29, 0.717) is 12.3 Å². The van der Waals surface area contributed by atoms with Gasteiger partial charge >= 0.3 is 11.7 Å². The first-order valence-electron chi connectivity index (χ1n) is 8.28. The Morgan fingerprint density at radius 1 is 1.15 bits per heavy atom. The first-order chi connectivity index (χ1) is 12.9. The van der Waals surface area contributed by atoms with Crippen LogP contribution in [0, 0.1) is 5.82 Å². The molecule has 27 heavy (non-hydrogen) atoms. The summed E-state index contributed by atoms with van der Waals surface area (Å²) in [5, 5.41) is 7.82. The van der Waals surface area contributed by atoms with E-state index in [2.05, 4.69) is 15.2 Å². The van der Waals surface area contributed by atoms with Gasteiger partial charge in [0.2, 0.25) is 0 Å². The number of hydrogen-bond acceptors (Lipinski definition) is 7. The van der Waals surface area contributed by atoms with E-state index in [9.17, 15) is 14.0 Å². The summed E-state index contributed by atoms with van der Waals surface area (Å²) in [7, 11) is 5.24.